The molecule has 4 N–H and O–H groups in total. The average Bonchev–Trinajstić information content (AvgIpc) is 3.30. The van der Waals surface area contributed by atoms with Crippen molar-refractivity contribution in [1.29, 1.82) is 0 Å². The third-order valence-corrected chi connectivity index (χ3v) is 4.76. The molecule has 2 unspecified atom stereocenters. The van der Waals surface area contributed by atoms with Gasteiger partial charge in [0.25, 0.3) is 5.91 Å². The zero-order valence-corrected chi connectivity index (χ0v) is 16.3. The Kier molecular flexibility index (Phi) is 6.16. The number of hydrogen-bond donors (Lipinski definition) is 4. The summed E-state index contributed by atoms with van der Waals surface area (Å²) in [7, 11) is 0. The number of H-pyrrole nitrogens is 1. The van der Waals surface area contributed by atoms with Gasteiger partial charge in [0.1, 0.15) is 11.9 Å². The molecule has 1 fully saturated rings. The lowest BCUT2D eigenvalue weighted by Crippen LogP contribution is -2.33. The summed E-state index contributed by atoms with van der Waals surface area (Å²) in [6.07, 6.45) is 2.24. The minimum atomic E-state index is -0.450. The van der Waals surface area contributed by atoms with Gasteiger partial charge in [-0.15, -0.1) is 0 Å². The zero-order valence-electron chi connectivity index (χ0n) is 16.3. The maximum Gasteiger partial charge on any atom is 0.407 e. The van der Waals surface area contributed by atoms with Gasteiger partial charge in [-0.1, -0.05) is 0 Å². The maximum atomic E-state index is 12.3. The monoisotopic (exact) mass is 400 g/mol. The number of amides is 2. The Hall–Kier alpha value is -3.36. The van der Waals surface area contributed by atoms with Crippen LogP contribution in [0.4, 0.5) is 10.6 Å². The molecule has 0 spiro atoms. The molecule has 2 amide bonds. The number of nitrogens with zero attached hydrogens (tertiary/aromatic N) is 1. The van der Waals surface area contributed by atoms with Gasteiger partial charge >= 0.3 is 6.09 Å². The summed E-state index contributed by atoms with van der Waals surface area (Å²) in [4.78, 5) is 34.8. The molecule has 1 saturated carbocycles. The first-order valence-corrected chi connectivity index (χ1v) is 9.47. The lowest BCUT2D eigenvalue weighted by Gasteiger charge is -2.14. The van der Waals surface area contributed by atoms with Crippen molar-refractivity contribution in [2.45, 2.75) is 51.2 Å². The molecular weight excluding hydrogens is 376 g/mol. The van der Waals surface area contributed by atoms with E-state index in [1.807, 2.05) is 13.8 Å². The number of aldehydes is 1. The van der Waals surface area contributed by atoms with E-state index in [-0.39, 0.29) is 34.9 Å². The highest BCUT2D eigenvalue weighted by atomic mass is 16.6. The Morgan fingerprint density at radius 2 is 2.10 bits per heavy atom. The van der Waals surface area contributed by atoms with E-state index in [0.29, 0.717) is 18.5 Å². The van der Waals surface area contributed by atoms with Crippen LogP contribution in [0.25, 0.3) is 0 Å². The molecule has 3 rings (SSSR count). The molecule has 1 aromatic carbocycles. The molecule has 1 aromatic heterocycles. The van der Waals surface area contributed by atoms with Crippen molar-refractivity contribution in [1.82, 2.24) is 15.5 Å². The number of phenols is 1. The van der Waals surface area contributed by atoms with Crippen LogP contribution in [0.2, 0.25) is 0 Å². The molecule has 0 bridgehead atoms. The highest BCUT2D eigenvalue weighted by Gasteiger charge is 2.30. The van der Waals surface area contributed by atoms with Crippen molar-refractivity contribution in [2.24, 2.45) is 0 Å². The van der Waals surface area contributed by atoms with Crippen LogP contribution >= 0.6 is 0 Å². The predicted octanol–water partition coefficient (Wildman–Crippen LogP) is 2.95. The second-order valence-electron chi connectivity index (χ2n) is 7.39. The average molecular weight is 400 g/mol. The molecule has 154 valence electrons. The number of aromatic amines is 1. The standard InChI is InChI=1S/C20H24N4O5/c1-11(2)21-20(28)29-15-6-5-12(7-15)16-9-18(24-23-16)22-19(27)13-3-4-14(10-25)17(26)8-13/h3-4,8-12,15,26H,5-7H2,1-2H3,(H,21,28)(H2,22,23,24,27). The normalized spacial score (nSPS) is 18.4. The topological polar surface area (TPSA) is 133 Å². The third-order valence-electron chi connectivity index (χ3n) is 4.76. The first kappa shape index (κ1) is 20.4. The Bertz CT molecular complexity index is 908. The predicted molar refractivity (Wildman–Crippen MR) is 105 cm³/mol. The molecule has 1 aliphatic rings. The summed E-state index contributed by atoms with van der Waals surface area (Å²) in [6.45, 7) is 3.74. The van der Waals surface area contributed by atoms with Crippen molar-refractivity contribution < 1.29 is 24.2 Å². The van der Waals surface area contributed by atoms with Crippen LogP contribution in [0.3, 0.4) is 0 Å². The number of phenolic OH excluding ortho intramolecular Hbond substituents is 1. The molecule has 2 atom stereocenters. The van der Waals surface area contributed by atoms with Crippen LogP contribution in [0.15, 0.2) is 24.3 Å². The van der Waals surface area contributed by atoms with Gasteiger partial charge < -0.3 is 20.5 Å². The van der Waals surface area contributed by atoms with Crippen molar-refractivity contribution in [3.05, 3.63) is 41.1 Å². The van der Waals surface area contributed by atoms with E-state index >= 15 is 0 Å². The van der Waals surface area contributed by atoms with E-state index < -0.39 is 12.0 Å². The highest BCUT2D eigenvalue weighted by Crippen LogP contribution is 2.35. The smallest absolute Gasteiger partial charge is 0.407 e. The van der Waals surface area contributed by atoms with Gasteiger partial charge in [0, 0.05) is 29.3 Å². The summed E-state index contributed by atoms with van der Waals surface area (Å²) < 4.78 is 5.43. The van der Waals surface area contributed by atoms with Crippen molar-refractivity contribution in [3.8, 4) is 5.75 Å². The van der Waals surface area contributed by atoms with Crippen LogP contribution in [-0.2, 0) is 4.74 Å². The fourth-order valence-corrected chi connectivity index (χ4v) is 3.33. The van der Waals surface area contributed by atoms with Crippen LogP contribution in [0, 0.1) is 0 Å². The first-order chi connectivity index (χ1) is 13.9. The minimum Gasteiger partial charge on any atom is -0.507 e. The fourth-order valence-electron chi connectivity index (χ4n) is 3.33. The molecule has 9 nitrogen and oxygen atoms in total. The summed E-state index contributed by atoms with van der Waals surface area (Å²) in [5.74, 6) is -0.200. The quantitative estimate of drug-likeness (QED) is 0.551. The number of benzene rings is 1. The Morgan fingerprint density at radius 3 is 2.79 bits per heavy atom. The number of alkyl carbamates (subject to hydrolysis) is 1. The van der Waals surface area contributed by atoms with Gasteiger partial charge in [-0.3, -0.25) is 14.7 Å². The zero-order chi connectivity index (χ0) is 21.0. The van der Waals surface area contributed by atoms with E-state index in [1.54, 1.807) is 6.07 Å². The van der Waals surface area contributed by atoms with Gasteiger partial charge in [0.2, 0.25) is 0 Å². The Morgan fingerprint density at radius 1 is 1.31 bits per heavy atom. The molecular formula is C20H24N4O5. The van der Waals surface area contributed by atoms with Crippen LogP contribution in [0.5, 0.6) is 5.75 Å². The van der Waals surface area contributed by atoms with Gasteiger partial charge in [0.05, 0.1) is 5.56 Å². The van der Waals surface area contributed by atoms with E-state index in [2.05, 4.69) is 20.8 Å². The molecule has 0 aliphatic heterocycles. The van der Waals surface area contributed by atoms with Gasteiger partial charge in [-0.05, 0) is 51.3 Å². The number of rotatable bonds is 6. The van der Waals surface area contributed by atoms with E-state index in [0.717, 1.165) is 18.5 Å². The van der Waals surface area contributed by atoms with Gasteiger partial charge in [0.15, 0.2) is 12.1 Å². The second kappa shape index (κ2) is 8.76. The number of nitrogens with one attached hydrogen (secondary N) is 3. The molecule has 9 heteroatoms. The summed E-state index contributed by atoms with van der Waals surface area (Å²) in [6, 6.07) is 5.83. The Labute approximate surface area is 167 Å². The lowest BCUT2D eigenvalue weighted by atomic mass is 10.0. The molecule has 2 aromatic rings. The van der Waals surface area contributed by atoms with Gasteiger partial charge in [-0.25, -0.2) is 4.79 Å². The first-order valence-electron chi connectivity index (χ1n) is 9.47. The van der Waals surface area contributed by atoms with Crippen molar-refractivity contribution >= 4 is 24.1 Å². The largest absolute Gasteiger partial charge is 0.507 e. The molecule has 0 saturated heterocycles. The van der Waals surface area contributed by atoms with Crippen LogP contribution in [0.1, 0.15) is 65.4 Å². The molecule has 1 aliphatic carbocycles. The van der Waals surface area contributed by atoms with Gasteiger partial charge in [-0.2, -0.15) is 5.10 Å². The van der Waals surface area contributed by atoms with Crippen molar-refractivity contribution in [2.75, 3.05) is 5.32 Å². The number of ether oxygens (including phenoxy) is 1. The second-order valence-corrected chi connectivity index (χ2v) is 7.39. The summed E-state index contributed by atoms with van der Waals surface area (Å²) in [5, 5.41) is 22.1. The SMILES string of the molecule is CC(C)NC(=O)OC1CCC(c2cc(NC(=O)c3ccc(C=O)c(O)c3)n[nH]2)C1. The molecule has 1 heterocycles. The number of carbonyl (C=O) groups is 3. The number of carbonyl (C=O) groups excluding carboxylic acids is 3. The lowest BCUT2D eigenvalue weighted by molar-refractivity contribution is 0.0979. The summed E-state index contributed by atoms with van der Waals surface area (Å²) in [5.41, 5.74) is 1.18. The summed E-state index contributed by atoms with van der Waals surface area (Å²) >= 11 is 0. The minimum absolute atomic E-state index is 0.0232. The van der Waals surface area contributed by atoms with Crippen molar-refractivity contribution in [3.63, 3.8) is 0 Å². The number of anilines is 1. The third kappa shape index (κ3) is 5.13. The van der Waals surface area contributed by atoms with E-state index in [4.69, 9.17) is 4.74 Å². The van der Waals surface area contributed by atoms with Crippen LogP contribution < -0.4 is 10.6 Å². The highest BCUT2D eigenvalue weighted by molar-refractivity contribution is 6.04. The number of hydrogen-bond acceptors (Lipinski definition) is 6. The molecule has 0 radical (unpaired) electrons. The maximum absolute atomic E-state index is 12.3. The molecule has 29 heavy (non-hydrogen) atoms. The van der Waals surface area contributed by atoms with E-state index in [9.17, 15) is 19.5 Å². The van der Waals surface area contributed by atoms with Crippen LogP contribution in [-0.4, -0.2) is 45.7 Å². The van der Waals surface area contributed by atoms with E-state index in [1.165, 1.54) is 18.2 Å². The Balaban J connectivity index is 1.57. The number of aromatic nitrogens is 2. The number of aromatic hydroxyl groups is 1. The fraction of sp³-hybridized carbons (Fsp3) is 0.400.